The van der Waals surface area contributed by atoms with Gasteiger partial charge in [0.05, 0.1) is 6.54 Å². The van der Waals surface area contributed by atoms with Gasteiger partial charge in [-0.05, 0) is 44.7 Å². The summed E-state index contributed by atoms with van der Waals surface area (Å²) in [6, 6.07) is 0. The van der Waals surface area contributed by atoms with Gasteiger partial charge in [0.15, 0.2) is 0 Å². The van der Waals surface area contributed by atoms with E-state index in [1.165, 1.54) is 12.8 Å². The van der Waals surface area contributed by atoms with E-state index in [0.29, 0.717) is 31.3 Å². The van der Waals surface area contributed by atoms with Crippen LogP contribution in [-0.4, -0.2) is 74.0 Å². The van der Waals surface area contributed by atoms with Crippen LogP contribution in [0.4, 0.5) is 0 Å². The summed E-state index contributed by atoms with van der Waals surface area (Å²) in [5.74, 6) is 1.43. The van der Waals surface area contributed by atoms with Crippen molar-refractivity contribution in [2.75, 3.05) is 52.4 Å². The lowest BCUT2D eigenvalue weighted by molar-refractivity contribution is -0.134. The van der Waals surface area contributed by atoms with E-state index in [1.54, 1.807) is 0 Å². The first-order valence-electron chi connectivity index (χ1n) is 9.07. The molecule has 2 amide bonds. The lowest BCUT2D eigenvalue weighted by Gasteiger charge is -2.35. The highest BCUT2D eigenvalue weighted by molar-refractivity contribution is 5.85. The molecule has 0 saturated carbocycles. The molecule has 2 fully saturated rings. The van der Waals surface area contributed by atoms with Crippen LogP contribution in [0.15, 0.2) is 0 Å². The van der Waals surface area contributed by atoms with Crippen molar-refractivity contribution in [1.29, 1.82) is 0 Å². The van der Waals surface area contributed by atoms with E-state index in [4.69, 9.17) is 0 Å². The molecule has 2 saturated heterocycles. The Morgan fingerprint density at radius 1 is 1.20 bits per heavy atom. The van der Waals surface area contributed by atoms with E-state index in [1.807, 2.05) is 11.8 Å². The maximum absolute atomic E-state index is 12.5. The molecule has 0 aromatic rings. The Hall–Kier alpha value is -0.560. The summed E-state index contributed by atoms with van der Waals surface area (Å²) in [6.07, 6.45) is 3.12. The summed E-state index contributed by atoms with van der Waals surface area (Å²) in [7, 11) is 0. The number of amides is 2. The van der Waals surface area contributed by atoms with E-state index >= 15 is 0 Å². The van der Waals surface area contributed by atoms with Crippen molar-refractivity contribution in [1.82, 2.24) is 20.4 Å². The molecular formula is C17H34Cl2N4O2. The number of hydrogen-bond donors (Lipinski definition) is 2. The molecule has 2 atom stereocenters. The van der Waals surface area contributed by atoms with Crippen molar-refractivity contribution < 1.29 is 9.59 Å². The summed E-state index contributed by atoms with van der Waals surface area (Å²) >= 11 is 0. The second kappa shape index (κ2) is 12.7. The van der Waals surface area contributed by atoms with Crippen LogP contribution >= 0.6 is 24.8 Å². The molecule has 148 valence electrons. The first-order valence-corrected chi connectivity index (χ1v) is 9.07. The molecule has 0 bridgehead atoms. The molecular weight excluding hydrogens is 363 g/mol. The Morgan fingerprint density at radius 2 is 1.88 bits per heavy atom. The molecule has 0 aromatic heterocycles. The third-order valence-corrected chi connectivity index (χ3v) is 5.10. The van der Waals surface area contributed by atoms with Crippen molar-refractivity contribution >= 4 is 36.6 Å². The molecule has 0 spiro atoms. The van der Waals surface area contributed by atoms with E-state index in [0.717, 1.165) is 39.3 Å². The van der Waals surface area contributed by atoms with Crippen LogP contribution < -0.4 is 10.6 Å². The number of carbonyl (C=O) groups is 2. The Kier molecular flexibility index (Phi) is 12.5. The monoisotopic (exact) mass is 396 g/mol. The lowest BCUT2D eigenvalue weighted by Crippen LogP contribution is -2.51. The van der Waals surface area contributed by atoms with Gasteiger partial charge >= 0.3 is 0 Å². The fourth-order valence-electron chi connectivity index (χ4n) is 3.55. The minimum atomic E-state index is 0. The van der Waals surface area contributed by atoms with Gasteiger partial charge in [0.1, 0.15) is 0 Å². The highest BCUT2D eigenvalue weighted by Gasteiger charge is 2.26. The minimum Gasteiger partial charge on any atom is -0.355 e. The standard InChI is InChI=1S/C17H32N4O2.2ClH/c1-3-19-16(22)13-20-7-9-21(10-8-20)17(23)11-14(2)15-5-4-6-18-12-15;;/h14-15,18H,3-13H2,1-2H3,(H,19,22);2*1H. The van der Waals surface area contributed by atoms with E-state index in [9.17, 15) is 9.59 Å². The SMILES string of the molecule is CCNC(=O)CN1CCN(C(=O)CC(C)C2CCCNC2)CC1.Cl.Cl. The summed E-state index contributed by atoms with van der Waals surface area (Å²) < 4.78 is 0. The molecule has 2 heterocycles. The second-order valence-electron chi connectivity index (χ2n) is 6.90. The Balaban J connectivity index is 0.00000288. The number of nitrogens with zero attached hydrogens (tertiary/aromatic N) is 2. The molecule has 2 unspecified atom stereocenters. The van der Waals surface area contributed by atoms with Gasteiger partial charge in [-0.1, -0.05) is 6.92 Å². The summed E-state index contributed by atoms with van der Waals surface area (Å²) in [6.45, 7) is 10.5. The maximum Gasteiger partial charge on any atom is 0.234 e. The molecule has 0 aliphatic carbocycles. The Bertz CT molecular complexity index is 398. The normalized spacial score (nSPS) is 22.3. The van der Waals surface area contributed by atoms with Gasteiger partial charge in [0.25, 0.3) is 0 Å². The van der Waals surface area contributed by atoms with Gasteiger partial charge in [0, 0.05) is 39.1 Å². The number of piperazine rings is 1. The second-order valence-corrected chi connectivity index (χ2v) is 6.90. The summed E-state index contributed by atoms with van der Waals surface area (Å²) in [5.41, 5.74) is 0. The molecule has 8 heteroatoms. The number of piperidine rings is 1. The minimum absolute atomic E-state index is 0. The predicted molar refractivity (Wildman–Crippen MR) is 106 cm³/mol. The van der Waals surface area contributed by atoms with E-state index < -0.39 is 0 Å². The number of hydrogen-bond acceptors (Lipinski definition) is 4. The Labute approximate surface area is 164 Å². The topological polar surface area (TPSA) is 64.7 Å². The molecule has 2 aliphatic heterocycles. The summed E-state index contributed by atoms with van der Waals surface area (Å²) in [4.78, 5) is 28.2. The molecule has 2 aliphatic rings. The van der Waals surface area contributed by atoms with Gasteiger partial charge in [-0.25, -0.2) is 0 Å². The highest BCUT2D eigenvalue weighted by Crippen LogP contribution is 2.23. The van der Waals surface area contributed by atoms with Crippen LogP contribution in [-0.2, 0) is 9.59 Å². The number of halogens is 2. The highest BCUT2D eigenvalue weighted by atomic mass is 35.5. The van der Waals surface area contributed by atoms with Crippen molar-refractivity contribution in [3.63, 3.8) is 0 Å². The van der Waals surface area contributed by atoms with E-state index in [2.05, 4.69) is 22.5 Å². The first-order chi connectivity index (χ1) is 11.1. The van der Waals surface area contributed by atoms with Crippen LogP contribution in [0.2, 0.25) is 0 Å². The van der Waals surface area contributed by atoms with E-state index in [-0.39, 0.29) is 36.6 Å². The van der Waals surface area contributed by atoms with Crippen molar-refractivity contribution in [3.05, 3.63) is 0 Å². The molecule has 6 nitrogen and oxygen atoms in total. The number of rotatable bonds is 6. The quantitative estimate of drug-likeness (QED) is 0.706. The van der Waals surface area contributed by atoms with Gasteiger partial charge < -0.3 is 15.5 Å². The average molecular weight is 397 g/mol. The predicted octanol–water partition coefficient (Wildman–Crippen LogP) is 1.14. The number of carbonyl (C=O) groups excluding carboxylic acids is 2. The van der Waals surface area contributed by atoms with Gasteiger partial charge in [-0.15, -0.1) is 24.8 Å². The third kappa shape index (κ3) is 8.11. The van der Waals surface area contributed by atoms with Crippen LogP contribution in [0.3, 0.4) is 0 Å². The van der Waals surface area contributed by atoms with Gasteiger partial charge in [-0.2, -0.15) is 0 Å². The summed E-state index contributed by atoms with van der Waals surface area (Å²) in [5, 5.41) is 6.26. The van der Waals surface area contributed by atoms with Crippen molar-refractivity contribution in [2.24, 2.45) is 11.8 Å². The largest absolute Gasteiger partial charge is 0.355 e. The third-order valence-electron chi connectivity index (χ3n) is 5.10. The molecule has 2 N–H and O–H groups in total. The number of nitrogens with one attached hydrogen (secondary N) is 2. The fourth-order valence-corrected chi connectivity index (χ4v) is 3.55. The van der Waals surface area contributed by atoms with Crippen LogP contribution in [0.1, 0.15) is 33.1 Å². The maximum atomic E-state index is 12.5. The smallest absolute Gasteiger partial charge is 0.234 e. The van der Waals surface area contributed by atoms with Crippen LogP contribution in [0.5, 0.6) is 0 Å². The molecule has 25 heavy (non-hydrogen) atoms. The first kappa shape index (κ1) is 24.4. The van der Waals surface area contributed by atoms with Crippen LogP contribution in [0, 0.1) is 11.8 Å². The van der Waals surface area contributed by atoms with Crippen molar-refractivity contribution in [2.45, 2.75) is 33.1 Å². The number of likely N-dealkylation sites (N-methyl/N-ethyl adjacent to an activating group) is 1. The zero-order valence-electron chi connectivity index (χ0n) is 15.5. The molecule has 0 aromatic carbocycles. The zero-order chi connectivity index (χ0) is 16.7. The van der Waals surface area contributed by atoms with Gasteiger partial charge in [0.2, 0.25) is 11.8 Å². The van der Waals surface area contributed by atoms with Gasteiger partial charge in [-0.3, -0.25) is 14.5 Å². The average Bonchev–Trinajstić information content (AvgIpc) is 2.56. The zero-order valence-corrected chi connectivity index (χ0v) is 17.1. The molecule has 2 rings (SSSR count). The van der Waals surface area contributed by atoms with Crippen LogP contribution in [0.25, 0.3) is 0 Å². The molecule has 0 radical (unpaired) electrons. The Morgan fingerprint density at radius 3 is 2.44 bits per heavy atom. The fraction of sp³-hybridized carbons (Fsp3) is 0.882. The lowest BCUT2D eigenvalue weighted by atomic mass is 9.85. The van der Waals surface area contributed by atoms with Crippen molar-refractivity contribution in [3.8, 4) is 0 Å².